The number of nitrogens with one attached hydrogen (secondary N) is 1. The van der Waals surface area contributed by atoms with Gasteiger partial charge in [0.1, 0.15) is 23.5 Å². The monoisotopic (exact) mass is 392 g/mol. The minimum Gasteiger partial charge on any atom is -0.454 e. The van der Waals surface area contributed by atoms with Gasteiger partial charge >= 0.3 is 6.18 Å². The third-order valence-electron chi connectivity index (χ3n) is 4.07. The molecule has 0 spiro atoms. The lowest BCUT2D eigenvalue weighted by Crippen LogP contribution is -2.07. The van der Waals surface area contributed by atoms with Crippen molar-refractivity contribution >= 4 is 17.2 Å². The van der Waals surface area contributed by atoms with E-state index in [1.54, 1.807) is 18.2 Å². The van der Waals surface area contributed by atoms with Gasteiger partial charge in [-0.1, -0.05) is 0 Å². The highest BCUT2D eigenvalue weighted by molar-refractivity contribution is 5.82. The van der Waals surface area contributed by atoms with Gasteiger partial charge in [0.15, 0.2) is 17.3 Å². The summed E-state index contributed by atoms with van der Waals surface area (Å²) in [6.45, 7) is 0.117. The number of hydrogen-bond acceptors (Lipinski definition) is 6. The fourth-order valence-corrected chi connectivity index (χ4v) is 2.70. The summed E-state index contributed by atoms with van der Waals surface area (Å²) in [6.07, 6.45) is -3.51. The quantitative estimate of drug-likeness (QED) is 0.645. The van der Waals surface area contributed by atoms with Crippen LogP contribution in [0.15, 0.2) is 42.7 Å². The lowest BCUT2D eigenvalue weighted by molar-refractivity contribution is -0.137. The van der Waals surface area contributed by atoms with Gasteiger partial charge in [-0.3, -0.25) is 0 Å². The van der Waals surface area contributed by atoms with Crippen LogP contribution in [0.5, 0.6) is 11.5 Å². The van der Waals surface area contributed by atoms with E-state index in [0.29, 0.717) is 23.3 Å². The van der Waals surface area contributed by atoms with Crippen molar-refractivity contribution in [1.82, 2.24) is 9.97 Å². The number of nitrogen functional groups attached to an aromatic ring is 1. The largest absolute Gasteiger partial charge is 0.454 e. The normalized spacial score (nSPS) is 12.9. The van der Waals surface area contributed by atoms with Gasteiger partial charge in [-0.2, -0.15) is 13.2 Å². The van der Waals surface area contributed by atoms with Gasteiger partial charge in [-0.25, -0.2) is 14.4 Å². The summed E-state index contributed by atoms with van der Waals surface area (Å²) in [5, 5.41) is 2.95. The number of nitrogens with two attached hydrogens (primary N) is 1. The van der Waals surface area contributed by atoms with Crippen LogP contribution in [0.4, 0.5) is 34.8 Å². The minimum atomic E-state index is -4.65. The van der Waals surface area contributed by atoms with Gasteiger partial charge in [0.05, 0.1) is 5.56 Å². The highest BCUT2D eigenvalue weighted by Gasteiger charge is 2.31. The SMILES string of the molecule is Nc1c(Nc2ccc3c(c2)OCO3)ncnc1-c1ccc(C(F)(F)F)cc1F. The maximum absolute atomic E-state index is 14.3. The molecule has 0 bridgehead atoms. The van der Waals surface area contributed by atoms with Crippen LogP contribution in [0, 0.1) is 5.82 Å². The van der Waals surface area contributed by atoms with Gasteiger partial charge in [0.25, 0.3) is 0 Å². The summed E-state index contributed by atoms with van der Waals surface area (Å²) < 4.78 is 63.0. The first-order chi connectivity index (χ1) is 13.3. The van der Waals surface area contributed by atoms with E-state index in [9.17, 15) is 17.6 Å². The molecule has 144 valence electrons. The number of ether oxygens (including phenoxy) is 2. The van der Waals surface area contributed by atoms with Crippen LogP contribution in [0.3, 0.4) is 0 Å². The molecule has 28 heavy (non-hydrogen) atoms. The van der Waals surface area contributed by atoms with Crippen molar-refractivity contribution in [2.75, 3.05) is 17.8 Å². The molecular formula is C18H12F4N4O2. The molecule has 1 aliphatic rings. The summed E-state index contributed by atoms with van der Waals surface area (Å²) >= 11 is 0. The molecule has 0 saturated carbocycles. The Kier molecular flexibility index (Phi) is 4.17. The maximum Gasteiger partial charge on any atom is 0.416 e. The number of benzene rings is 2. The van der Waals surface area contributed by atoms with Crippen molar-refractivity contribution in [1.29, 1.82) is 0 Å². The maximum atomic E-state index is 14.3. The van der Waals surface area contributed by atoms with E-state index in [-0.39, 0.29) is 29.6 Å². The molecule has 0 amide bonds. The molecule has 2 aromatic carbocycles. The number of halogens is 4. The Balaban J connectivity index is 1.67. The van der Waals surface area contributed by atoms with Crippen molar-refractivity contribution < 1.29 is 27.0 Å². The zero-order chi connectivity index (χ0) is 19.9. The standard InChI is InChI=1S/C18H12F4N4O2/c19-12-5-9(18(20,21)22)1-3-11(12)16-15(23)17(25-7-24-16)26-10-2-4-13-14(6-10)28-8-27-13/h1-7H,8,23H2,(H,24,25,26). The summed E-state index contributed by atoms with van der Waals surface area (Å²) in [5.74, 6) is 0.206. The molecule has 4 rings (SSSR count). The first kappa shape index (κ1) is 17.8. The van der Waals surface area contributed by atoms with E-state index in [1.807, 2.05) is 0 Å². The first-order valence-corrected chi connectivity index (χ1v) is 7.97. The number of hydrogen-bond donors (Lipinski definition) is 2. The van der Waals surface area contributed by atoms with Crippen LogP contribution in [0.1, 0.15) is 5.56 Å². The average molecular weight is 392 g/mol. The van der Waals surface area contributed by atoms with Crippen LogP contribution in [-0.4, -0.2) is 16.8 Å². The Morgan fingerprint density at radius 2 is 1.79 bits per heavy atom. The number of aromatic nitrogens is 2. The summed E-state index contributed by atoms with van der Waals surface area (Å²) in [6, 6.07) is 7.22. The topological polar surface area (TPSA) is 82.3 Å². The van der Waals surface area contributed by atoms with Gasteiger partial charge in [-0.05, 0) is 30.3 Å². The molecule has 1 aliphatic heterocycles. The molecular weight excluding hydrogens is 380 g/mol. The van der Waals surface area contributed by atoms with Crippen molar-refractivity contribution in [3.8, 4) is 22.8 Å². The smallest absolute Gasteiger partial charge is 0.416 e. The molecule has 3 aromatic rings. The fraction of sp³-hybridized carbons (Fsp3) is 0.111. The number of fused-ring (bicyclic) bond motifs is 1. The Hall–Kier alpha value is -3.56. The molecule has 0 aliphatic carbocycles. The zero-order valence-electron chi connectivity index (χ0n) is 14.0. The van der Waals surface area contributed by atoms with Crippen molar-refractivity contribution in [3.05, 3.63) is 54.1 Å². The Labute approximate surface area is 155 Å². The van der Waals surface area contributed by atoms with Crippen LogP contribution in [0.2, 0.25) is 0 Å². The molecule has 1 aromatic heterocycles. The molecule has 10 heteroatoms. The molecule has 0 atom stereocenters. The second kappa shape index (κ2) is 6.55. The lowest BCUT2D eigenvalue weighted by atomic mass is 10.1. The van der Waals surface area contributed by atoms with Crippen LogP contribution < -0.4 is 20.5 Å². The Bertz CT molecular complexity index is 1060. The summed E-state index contributed by atoms with van der Waals surface area (Å²) in [4.78, 5) is 7.94. The van der Waals surface area contributed by atoms with Gasteiger partial charge < -0.3 is 20.5 Å². The van der Waals surface area contributed by atoms with Gasteiger partial charge in [0.2, 0.25) is 6.79 Å². The van der Waals surface area contributed by atoms with Gasteiger partial charge in [-0.15, -0.1) is 0 Å². The molecule has 3 N–H and O–H groups in total. The van der Waals surface area contributed by atoms with Gasteiger partial charge in [0, 0.05) is 17.3 Å². The van der Waals surface area contributed by atoms with Crippen LogP contribution in [-0.2, 0) is 6.18 Å². The van der Waals surface area contributed by atoms with Crippen molar-refractivity contribution in [2.45, 2.75) is 6.18 Å². The Morgan fingerprint density at radius 3 is 2.54 bits per heavy atom. The molecule has 6 nitrogen and oxygen atoms in total. The fourth-order valence-electron chi connectivity index (χ4n) is 2.70. The third kappa shape index (κ3) is 3.24. The summed E-state index contributed by atoms with van der Waals surface area (Å²) in [5.41, 5.74) is 5.31. The predicted octanol–water partition coefficient (Wildman–Crippen LogP) is 4.36. The second-order valence-corrected chi connectivity index (χ2v) is 5.87. The van der Waals surface area contributed by atoms with E-state index in [4.69, 9.17) is 15.2 Å². The van der Waals surface area contributed by atoms with Crippen LogP contribution >= 0.6 is 0 Å². The third-order valence-corrected chi connectivity index (χ3v) is 4.07. The predicted molar refractivity (Wildman–Crippen MR) is 92.7 cm³/mol. The average Bonchev–Trinajstić information content (AvgIpc) is 3.11. The molecule has 0 radical (unpaired) electrons. The van der Waals surface area contributed by atoms with E-state index >= 15 is 0 Å². The van der Waals surface area contributed by atoms with E-state index in [1.165, 1.54) is 0 Å². The number of nitrogens with zero attached hydrogens (tertiary/aromatic N) is 2. The number of rotatable bonds is 3. The number of alkyl halides is 3. The minimum absolute atomic E-state index is 0.0150. The van der Waals surface area contributed by atoms with E-state index < -0.39 is 17.6 Å². The highest BCUT2D eigenvalue weighted by Crippen LogP contribution is 2.37. The molecule has 2 heterocycles. The van der Waals surface area contributed by atoms with E-state index in [0.717, 1.165) is 18.5 Å². The molecule has 0 fully saturated rings. The van der Waals surface area contributed by atoms with Crippen LogP contribution in [0.25, 0.3) is 11.3 Å². The van der Waals surface area contributed by atoms with E-state index in [2.05, 4.69) is 15.3 Å². The zero-order valence-corrected chi connectivity index (χ0v) is 14.0. The number of anilines is 3. The molecule has 0 saturated heterocycles. The summed E-state index contributed by atoms with van der Waals surface area (Å²) in [7, 11) is 0. The lowest BCUT2D eigenvalue weighted by Gasteiger charge is -2.13. The van der Waals surface area contributed by atoms with Crippen molar-refractivity contribution in [2.24, 2.45) is 0 Å². The Morgan fingerprint density at radius 1 is 1.00 bits per heavy atom. The highest BCUT2D eigenvalue weighted by atomic mass is 19.4. The first-order valence-electron chi connectivity index (χ1n) is 7.97. The molecule has 0 unspecified atom stereocenters. The second-order valence-electron chi connectivity index (χ2n) is 5.87. The van der Waals surface area contributed by atoms with Crippen molar-refractivity contribution in [3.63, 3.8) is 0 Å².